The topological polar surface area (TPSA) is 37.4 Å². The average molecular weight is 311 g/mol. The van der Waals surface area contributed by atoms with Crippen molar-refractivity contribution in [3.63, 3.8) is 0 Å². The summed E-state index contributed by atoms with van der Waals surface area (Å²) in [5.74, 6) is 0.825. The zero-order chi connectivity index (χ0) is 16.2. The Morgan fingerprint density at radius 1 is 1.39 bits per heavy atom. The number of nitrogens with one attached hydrogen (secondary N) is 1. The van der Waals surface area contributed by atoms with Crippen LogP contribution in [0.25, 0.3) is 10.9 Å². The standard InChI is InChI=1S/C19H25N3O/c1-4-10-22-11-8-15(9-12-22)21-18-14(2)13-20-19-16(18)6-5-7-17(19)23-3/h4-7,13,15H,1,8-12H2,2-3H3,(H,20,21). The predicted octanol–water partition coefficient (Wildman–Crippen LogP) is 3.61. The van der Waals surface area contributed by atoms with E-state index in [9.17, 15) is 0 Å². The number of para-hydroxylation sites is 1. The van der Waals surface area contributed by atoms with E-state index >= 15 is 0 Å². The quantitative estimate of drug-likeness (QED) is 0.856. The van der Waals surface area contributed by atoms with Gasteiger partial charge >= 0.3 is 0 Å². The fraction of sp³-hybridized carbons (Fsp3) is 0.421. The number of fused-ring (bicyclic) bond motifs is 1. The Labute approximate surface area is 138 Å². The summed E-state index contributed by atoms with van der Waals surface area (Å²) in [6.07, 6.45) is 6.22. The smallest absolute Gasteiger partial charge is 0.145 e. The van der Waals surface area contributed by atoms with Gasteiger partial charge in [0.15, 0.2) is 0 Å². The van der Waals surface area contributed by atoms with Gasteiger partial charge in [-0.05, 0) is 31.4 Å². The van der Waals surface area contributed by atoms with E-state index in [-0.39, 0.29) is 0 Å². The van der Waals surface area contributed by atoms with Crippen LogP contribution in [-0.4, -0.2) is 42.7 Å². The van der Waals surface area contributed by atoms with E-state index in [1.54, 1.807) is 7.11 Å². The fourth-order valence-corrected chi connectivity index (χ4v) is 3.30. The second-order valence-electron chi connectivity index (χ2n) is 6.18. The van der Waals surface area contributed by atoms with Gasteiger partial charge in [-0.2, -0.15) is 0 Å². The van der Waals surface area contributed by atoms with Crippen molar-refractivity contribution in [1.82, 2.24) is 9.88 Å². The summed E-state index contributed by atoms with van der Waals surface area (Å²) in [5, 5.41) is 4.89. The van der Waals surface area contributed by atoms with Crippen molar-refractivity contribution in [1.29, 1.82) is 0 Å². The summed E-state index contributed by atoms with van der Waals surface area (Å²) < 4.78 is 5.45. The molecule has 1 fully saturated rings. The molecular formula is C19H25N3O. The van der Waals surface area contributed by atoms with E-state index in [1.165, 1.54) is 11.3 Å². The van der Waals surface area contributed by atoms with Crippen molar-refractivity contribution < 1.29 is 4.74 Å². The Kier molecular flexibility index (Phi) is 4.82. The maximum absolute atomic E-state index is 5.45. The van der Waals surface area contributed by atoms with E-state index in [1.807, 2.05) is 24.4 Å². The number of aromatic nitrogens is 1. The monoisotopic (exact) mass is 311 g/mol. The summed E-state index contributed by atoms with van der Waals surface area (Å²) in [6.45, 7) is 9.17. The van der Waals surface area contributed by atoms with Crippen LogP contribution in [0.1, 0.15) is 18.4 Å². The molecule has 0 amide bonds. The summed E-state index contributed by atoms with van der Waals surface area (Å²) >= 11 is 0. The Hall–Kier alpha value is -2.07. The number of rotatable bonds is 5. The number of hydrogen-bond donors (Lipinski definition) is 1. The molecule has 4 heteroatoms. The van der Waals surface area contributed by atoms with Crippen LogP contribution >= 0.6 is 0 Å². The minimum Gasteiger partial charge on any atom is -0.494 e. The first-order valence-corrected chi connectivity index (χ1v) is 8.25. The third-order valence-electron chi connectivity index (χ3n) is 4.59. The molecule has 1 N–H and O–H groups in total. The normalized spacial score (nSPS) is 16.4. The van der Waals surface area contributed by atoms with Gasteiger partial charge in [-0.1, -0.05) is 18.2 Å². The van der Waals surface area contributed by atoms with Crippen LogP contribution in [0.15, 0.2) is 37.1 Å². The molecule has 0 unspecified atom stereocenters. The minimum atomic E-state index is 0.506. The van der Waals surface area contributed by atoms with E-state index in [2.05, 4.69) is 34.8 Å². The van der Waals surface area contributed by atoms with Crippen molar-refractivity contribution in [3.05, 3.63) is 42.6 Å². The SMILES string of the molecule is C=CCN1CCC(Nc2c(C)cnc3c(OC)cccc23)CC1. The molecule has 0 bridgehead atoms. The van der Waals surface area contributed by atoms with Gasteiger partial charge in [0, 0.05) is 42.9 Å². The van der Waals surface area contributed by atoms with Crippen molar-refractivity contribution in [2.24, 2.45) is 0 Å². The molecule has 1 saturated heterocycles. The zero-order valence-corrected chi connectivity index (χ0v) is 14.0. The highest BCUT2D eigenvalue weighted by Crippen LogP contribution is 2.32. The highest BCUT2D eigenvalue weighted by atomic mass is 16.5. The first kappa shape index (κ1) is 15.8. The highest BCUT2D eigenvalue weighted by molar-refractivity contribution is 5.96. The Morgan fingerprint density at radius 2 is 2.17 bits per heavy atom. The molecule has 23 heavy (non-hydrogen) atoms. The molecule has 0 atom stereocenters. The number of methoxy groups -OCH3 is 1. The van der Waals surface area contributed by atoms with Crippen LogP contribution in [-0.2, 0) is 0 Å². The number of piperidine rings is 1. The molecule has 0 aliphatic carbocycles. The van der Waals surface area contributed by atoms with Crippen molar-refractivity contribution >= 4 is 16.6 Å². The largest absolute Gasteiger partial charge is 0.494 e. The molecule has 3 rings (SSSR count). The van der Waals surface area contributed by atoms with Crippen LogP contribution < -0.4 is 10.1 Å². The fourth-order valence-electron chi connectivity index (χ4n) is 3.30. The minimum absolute atomic E-state index is 0.506. The van der Waals surface area contributed by atoms with Gasteiger partial charge in [0.1, 0.15) is 11.3 Å². The Bertz CT molecular complexity index is 690. The van der Waals surface area contributed by atoms with Crippen molar-refractivity contribution in [2.45, 2.75) is 25.8 Å². The molecule has 1 aromatic carbocycles. The van der Waals surface area contributed by atoms with Gasteiger partial charge in [-0.25, -0.2) is 0 Å². The predicted molar refractivity (Wildman–Crippen MR) is 96.3 cm³/mol. The Morgan fingerprint density at radius 3 is 2.87 bits per heavy atom. The first-order valence-electron chi connectivity index (χ1n) is 8.25. The number of benzene rings is 1. The summed E-state index contributed by atoms with van der Waals surface area (Å²) in [7, 11) is 1.69. The van der Waals surface area contributed by atoms with Gasteiger partial charge < -0.3 is 10.1 Å². The van der Waals surface area contributed by atoms with Gasteiger partial charge in [-0.3, -0.25) is 9.88 Å². The molecule has 0 radical (unpaired) electrons. The van der Waals surface area contributed by atoms with Gasteiger partial charge in [0.25, 0.3) is 0 Å². The summed E-state index contributed by atoms with van der Waals surface area (Å²) in [4.78, 5) is 7.01. The maximum atomic E-state index is 5.45. The Balaban J connectivity index is 1.83. The molecule has 1 aliphatic rings. The third-order valence-corrected chi connectivity index (χ3v) is 4.59. The second kappa shape index (κ2) is 7.01. The van der Waals surface area contributed by atoms with Gasteiger partial charge in [0.05, 0.1) is 7.11 Å². The van der Waals surface area contributed by atoms with Crippen molar-refractivity contribution in [2.75, 3.05) is 32.1 Å². The van der Waals surface area contributed by atoms with Crippen LogP contribution in [0.2, 0.25) is 0 Å². The number of pyridine rings is 1. The lowest BCUT2D eigenvalue weighted by atomic mass is 10.0. The first-order chi connectivity index (χ1) is 11.2. The van der Waals surface area contributed by atoms with Crippen molar-refractivity contribution in [3.8, 4) is 5.75 Å². The number of hydrogen-bond acceptors (Lipinski definition) is 4. The van der Waals surface area contributed by atoms with Crippen LogP contribution in [0, 0.1) is 6.92 Å². The zero-order valence-electron chi connectivity index (χ0n) is 14.0. The maximum Gasteiger partial charge on any atom is 0.145 e. The van der Waals surface area contributed by atoms with E-state index in [0.717, 1.165) is 49.1 Å². The van der Waals surface area contributed by atoms with Crippen LogP contribution in [0.3, 0.4) is 0 Å². The molecule has 4 nitrogen and oxygen atoms in total. The number of likely N-dealkylation sites (tertiary alicyclic amines) is 1. The number of ether oxygens (including phenoxy) is 1. The molecule has 2 heterocycles. The van der Waals surface area contributed by atoms with E-state index < -0.39 is 0 Å². The third kappa shape index (κ3) is 3.32. The molecule has 1 aromatic heterocycles. The van der Waals surface area contributed by atoms with Gasteiger partial charge in [0.2, 0.25) is 0 Å². The summed E-state index contributed by atoms with van der Waals surface area (Å²) in [6, 6.07) is 6.61. The molecule has 122 valence electrons. The molecule has 0 saturated carbocycles. The molecular weight excluding hydrogens is 286 g/mol. The van der Waals surface area contributed by atoms with Crippen LogP contribution in [0.5, 0.6) is 5.75 Å². The lowest BCUT2D eigenvalue weighted by molar-refractivity contribution is 0.240. The van der Waals surface area contributed by atoms with E-state index in [0.29, 0.717) is 6.04 Å². The number of anilines is 1. The number of nitrogens with zero attached hydrogens (tertiary/aromatic N) is 2. The molecule has 1 aliphatic heterocycles. The van der Waals surface area contributed by atoms with Crippen LogP contribution in [0.4, 0.5) is 5.69 Å². The molecule has 0 spiro atoms. The second-order valence-corrected chi connectivity index (χ2v) is 6.18. The molecule has 2 aromatic rings. The lowest BCUT2D eigenvalue weighted by Gasteiger charge is -2.32. The highest BCUT2D eigenvalue weighted by Gasteiger charge is 2.20. The van der Waals surface area contributed by atoms with E-state index in [4.69, 9.17) is 4.74 Å². The lowest BCUT2D eigenvalue weighted by Crippen LogP contribution is -2.39. The summed E-state index contributed by atoms with van der Waals surface area (Å²) in [5.41, 5.74) is 3.29. The average Bonchev–Trinajstić information content (AvgIpc) is 2.58. The number of aryl methyl sites for hydroxylation is 1. The van der Waals surface area contributed by atoms with Gasteiger partial charge in [-0.15, -0.1) is 6.58 Å².